The maximum Gasteiger partial charge on any atom is 0.483 e. The SMILES string of the molecule is [B]C1OC(COP(=O)(O)OP(=O)(O)OC2OC(CN)C(C)C(O)C2NC(C)=O)C(O)C1O. The van der Waals surface area contributed by atoms with E-state index < -0.39 is 82.9 Å². The molecule has 2 saturated heterocycles. The highest BCUT2D eigenvalue weighted by molar-refractivity contribution is 7.61. The molecule has 11 unspecified atom stereocenters. The van der Waals surface area contributed by atoms with Crippen molar-refractivity contribution < 1.29 is 61.9 Å². The number of carbonyl (C=O) groups is 1. The van der Waals surface area contributed by atoms with E-state index in [1.54, 1.807) is 6.92 Å². The third-order valence-electron chi connectivity index (χ3n) is 4.94. The average Bonchev–Trinajstić information content (AvgIpc) is 2.91. The molecule has 15 nitrogen and oxygen atoms in total. The Labute approximate surface area is 184 Å². The van der Waals surface area contributed by atoms with Crippen molar-refractivity contribution in [2.75, 3.05) is 13.2 Å². The first-order chi connectivity index (χ1) is 14.7. The lowest BCUT2D eigenvalue weighted by atomic mass is 9.89. The van der Waals surface area contributed by atoms with Gasteiger partial charge in [0.1, 0.15) is 26.1 Å². The lowest BCUT2D eigenvalue weighted by molar-refractivity contribution is -0.218. The van der Waals surface area contributed by atoms with Crippen LogP contribution in [0.15, 0.2) is 0 Å². The van der Waals surface area contributed by atoms with Gasteiger partial charge in [0, 0.05) is 25.4 Å². The summed E-state index contributed by atoms with van der Waals surface area (Å²) >= 11 is 0. The van der Waals surface area contributed by atoms with Gasteiger partial charge in [0.25, 0.3) is 0 Å². The van der Waals surface area contributed by atoms with Crippen molar-refractivity contribution in [3.05, 3.63) is 0 Å². The second kappa shape index (κ2) is 10.9. The van der Waals surface area contributed by atoms with Gasteiger partial charge in [-0.05, 0) is 0 Å². The molecule has 0 saturated carbocycles. The number of nitrogens with one attached hydrogen (secondary N) is 1. The van der Waals surface area contributed by atoms with Gasteiger partial charge in [-0.2, -0.15) is 4.31 Å². The summed E-state index contributed by atoms with van der Waals surface area (Å²) in [4.78, 5) is 31.2. The topological polar surface area (TPSA) is 237 Å². The van der Waals surface area contributed by atoms with Gasteiger partial charge >= 0.3 is 15.6 Å². The van der Waals surface area contributed by atoms with Crippen LogP contribution in [0.5, 0.6) is 0 Å². The molecule has 2 aliphatic rings. The molecule has 0 aromatic heterocycles. The Morgan fingerprint density at radius 3 is 2.22 bits per heavy atom. The van der Waals surface area contributed by atoms with Gasteiger partial charge in [-0.25, -0.2) is 9.13 Å². The van der Waals surface area contributed by atoms with Crippen LogP contribution in [0.2, 0.25) is 0 Å². The third kappa shape index (κ3) is 7.03. The summed E-state index contributed by atoms with van der Waals surface area (Å²) in [6, 6.07) is -2.61. The highest BCUT2D eigenvalue weighted by atomic mass is 31.3. The van der Waals surface area contributed by atoms with Crippen molar-refractivity contribution in [1.29, 1.82) is 0 Å². The Bertz CT molecular complexity index is 762. The Hall–Kier alpha value is -0.445. The zero-order valence-electron chi connectivity index (χ0n) is 17.2. The quantitative estimate of drug-likeness (QED) is 0.123. The van der Waals surface area contributed by atoms with E-state index in [1.807, 2.05) is 0 Å². The second-order valence-corrected chi connectivity index (χ2v) is 10.4. The number of aliphatic hydroxyl groups excluding tert-OH is 3. The molecule has 0 aromatic rings. The maximum absolute atomic E-state index is 12.3. The Balaban J connectivity index is 2.04. The zero-order chi connectivity index (χ0) is 24.4. The van der Waals surface area contributed by atoms with Crippen molar-refractivity contribution in [3.63, 3.8) is 0 Å². The predicted octanol–water partition coefficient (Wildman–Crippen LogP) is -2.96. The molecule has 0 spiro atoms. The molecule has 2 rings (SSSR count). The summed E-state index contributed by atoms with van der Waals surface area (Å²) in [6.07, 6.45) is -8.27. The molecule has 2 fully saturated rings. The van der Waals surface area contributed by atoms with Crippen LogP contribution in [-0.2, 0) is 36.8 Å². The van der Waals surface area contributed by atoms with Crippen molar-refractivity contribution in [2.24, 2.45) is 11.7 Å². The molecule has 0 aromatic carbocycles. The first kappa shape index (κ1) is 27.8. The highest BCUT2D eigenvalue weighted by Gasteiger charge is 2.48. The molecule has 32 heavy (non-hydrogen) atoms. The highest BCUT2D eigenvalue weighted by Crippen LogP contribution is 2.61. The van der Waals surface area contributed by atoms with Crippen molar-refractivity contribution in [1.82, 2.24) is 5.32 Å². The molecular weight excluding hydrogens is 477 g/mol. The third-order valence-corrected chi connectivity index (χ3v) is 7.54. The summed E-state index contributed by atoms with van der Waals surface area (Å²) < 4.78 is 48.3. The molecule has 8 N–H and O–H groups in total. The summed E-state index contributed by atoms with van der Waals surface area (Å²) in [6.45, 7) is 1.75. The van der Waals surface area contributed by atoms with Gasteiger partial charge in [0.15, 0.2) is 6.29 Å². The number of aliphatic hydroxyl groups is 3. The minimum Gasteiger partial charge on any atom is -0.390 e. The number of phosphoric acid groups is 2. The molecular formula is C14H27BN2O13P2. The van der Waals surface area contributed by atoms with Crippen LogP contribution in [0, 0.1) is 5.92 Å². The van der Waals surface area contributed by atoms with Crippen LogP contribution < -0.4 is 11.1 Å². The monoisotopic (exact) mass is 504 g/mol. The zero-order valence-corrected chi connectivity index (χ0v) is 19.0. The van der Waals surface area contributed by atoms with Gasteiger partial charge in [0.2, 0.25) is 5.91 Å². The number of ether oxygens (including phenoxy) is 2. The number of hydrogen-bond acceptors (Lipinski definition) is 12. The Kier molecular flexibility index (Phi) is 9.44. The number of carbonyl (C=O) groups excluding carboxylic acids is 1. The van der Waals surface area contributed by atoms with Gasteiger partial charge in [-0.15, -0.1) is 0 Å². The fourth-order valence-electron chi connectivity index (χ4n) is 3.22. The molecule has 1 amide bonds. The standard InChI is InChI=1S/C14H27BN2O13P2/c1-5-7(3-16)28-14(9(10(5)19)17-6(2)18)29-32(24,25)30-31(22,23)26-4-8-11(20)12(21)13(15)27-8/h5,7-14,19-21H,3-4,16H2,1-2H3,(H,17,18)(H,22,23)(H,24,25). The minimum atomic E-state index is -5.39. The molecule has 11 atom stereocenters. The molecule has 0 aliphatic carbocycles. The molecule has 0 bridgehead atoms. The number of phosphoric ester groups is 2. The van der Waals surface area contributed by atoms with Crippen molar-refractivity contribution in [3.8, 4) is 0 Å². The fourth-order valence-corrected chi connectivity index (χ4v) is 5.39. The average molecular weight is 504 g/mol. The van der Waals surface area contributed by atoms with E-state index >= 15 is 0 Å². The van der Waals surface area contributed by atoms with E-state index in [0.717, 1.165) is 6.92 Å². The van der Waals surface area contributed by atoms with E-state index in [1.165, 1.54) is 0 Å². The molecule has 2 radical (unpaired) electrons. The first-order valence-corrected chi connectivity index (χ1v) is 12.4. The van der Waals surface area contributed by atoms with E-state index in [-0.39, 0.29) is 6.54 Å². The van der Waals surface area contributed by atoms with Crippen molar-refractivity contribution >= 4 is 29.4 Å². The number of hydrogen-bond donors (Lipinski definition) is 7. The number of amides is 1. The Morgan fingerprint density at radius 1 is 1.09 bits per heavy atom. The van der Waals surface area contributed by atoms with Gasteiger partial charge in [-0.1, -0.05) is 6.92 Å². The van der Waals surface area contributed by atoms with Crippen LogP contribution >= 0.6 is 15.6 Å². The number of nitrogens with two attached hydrogens (primary N) is 1. The Morgan fingerprint density at radius 2 is 1.72 bits per heavy atom. The molecule has 184 valence electrons. The molecule has 2 heterocycles. The smallest absolute Gasteiger partial charge is 0.390 e. The van der Waals surface area contributed by atoms with E-state index in [0.29, 0.717) is 0 Å². The largest absolute Gasteiger partial charge is 0.483 e. The lowest BCUT2D eigenvalue weighted by Crippen LogP contribution is -2.62. The summed E-state index contributed by atoms with van der Waals surface area (Å²) in [5.74, 6) is -1.22. The normalized spacial score (nSPS) is 41.6. The molecule has 18 heteroatoms. The minimum absolute atomic E-state index is 0.110. The van der Waals surface area contributed by atoms with Crippen LogP contribution in [0.4, 0.5) is 0 Å². The van der Waals surface area contributed by atoms with Crippen LogP contribution in [-0.4, -0.2) is 101 Å². The van der Waals surface area contributed by atoms with E-state index in [2.05, 4.69) is 14.2 Å². The van der Waals surface area contributed by atoms with Gasteiger partial charge < -0.3 is 45.6 Å². The van der Waals surface area contributed by atoms with E-state index in [4.69, 9.17) is 27.6 Å². The van der Waals surface area contributed by atoms with Gasteiger partial charge in [-0.3, -0.25) is 13.8 Å². The summed E-state index contributed by atoms with van der Waals surface area (Å²) in [5, 5.41) is 31.9. The lowest BCUT2D eigenvalue weighted by Gasteiger charge is -2.43. The number of rotatable bonds is 9. The second-order valence-electron chi connectivity index (χ2n) is 7.39. The van der Waals surface area contributed by atoms with Crippen molar-refractivity contribution in [2.45, 2.75) is 62.7 Å². The van der Waals surface area contributed by atoms with Crippen LogP contribution in [0.1, 0.15) is 13.8 Å². The van der Waals surface area contributed by atoms with Crippen LogP contribution in [0.3, 0.4) is 0 Å². The molecule has 2 aliphatic heterocycles. The summed E-state index contributed by atoms with van der Waals surface area (Å²) in [5.41, 5.74) is 5.56. The predicted molar refractivity (Wildman–Crippen MR) is 105 cm³/mol. The van der Waals surface area contributed by atoms with Gasteiger partial charge in [0.05, 0.1) is 24.9 Å². The van der Waals surface area contributed by atoms with E-state index in [9.17, 15) is 39.0 Å². The fraction of sp³-hybridized carbons (Fsp3) is 0.929. The first-order valence-electron chi connectivity index (χ1n) is 9.45. The summed E-state index contributed by atoms with van der Waals surface area (Å²) in [7, 11) is -5.30. The maximum atomic E-state index is 12.3. The van der Waals surface area contributed by atoms with Crippen LogP contribution in [0.25, 0.3) is 0 Å².